The number of para-hydroxylation sites is 2. The lowest BCUT2D eigenvalue weighted by atomic mass is 10.3. The molecule has 0 saturated heterocycles. The summed E-state index contributed by atoms with van der Waals surface area (Å²) in [4.78, 5) is 0. The lowest BCUT2D eigenvalue weighted by Gasteiger charge is -2.13. The maximum absolute atomic E-state index is 9.38. The first-order valence-electron chi connectivity index (χ1n) is 4.70. The molecule has 4 nitrogen and oxygen atoms in total. The number of aliphatic hydroxyl groups excluding tert-OH is 1. The Balaban J connectivity index is 2.49. The van der Waals surface area contributed by atoms with E-state index in [1.165, 1.54) is 7.11 Å². The Morgan fingerprint density at radius 1 is 1.13 bits per heavy atom. The van der Waals surface area contributed by atoms with Crippen molar-refractivity contribution < 1.29 is 19.3 Å². The molecule has 0 radical (unpaired) electrons. The van der Waals surface area contributed by atoms with Crippen LogP contribution in [0.2, 0.25) is 0 Å². The first-order valence-corrected chi connectivity index (χ1v) is 4.70. The number of methoxy groups -OCH3 is 2. The molecule has 0 spiro atoms. The van der Waals surface area contributed by atoms with E-state index in [1.54, 1.807) is 19.2 Å². The third kappa shape index (κ3) is 3.77. The van der Waals surface area contributed by atoms with E-state index < -0.39 is 6.10 Å². The molecular weight excluding hydrogens is 196 g/mol. The molecule has 0 aromatic heterocycles. The van der Waals surface area contributed by atoms with Crippen LogP contribution in [0.3, 0.4) is 0 Å². The molecule has 0 bridgehead atoms. The van der Waals surface area contributed by atoms with Crippen LogP contribution in [0.5, 0.6) is 11.5 Å². The summed E-state index contributed by atoms with van der Waals surface area (Å²) in [6, 6.07) is 7.30. The summed E-state index contributed by atoms with van der Waals surface area (Å²) in [6.07, 6.45) is -0.625. The Kier molecular flexibility index (Phi) is 4.93. The molecule has 0 aliphatic heterocycles. The summed E-state index contributed by atoms with van der Waals surface area (Å²) < 4.78 is 15.3. The summed E-state index contributed by atoms with van der Waals surface area (Å²) in [5.41, 5.74) is 0. The van der Waals surface area contributed by atoms with E-state index >= 15 is 0 Å². The molecule has 4 heteroatoms. The number of rotatable bonds is 6. The van der Waals surface area contributed by atoms with E-state index in [0.717, 1.165) is 0 Å². The van der Waals surface area contributed by atoms with E-state index in [9.17, 15) is 5.11 Å². The van der Waals surface area contributed by atoms with Crippen molar-refractivity contribution in [2.75, 3.05) is 27.4 Å². The van der Waals surface area contributed by atoms with Gasteiger partial charge in [-0.25, -0.2) is 0 Å². The molecule has 1 aromatic carbocycles. The molecule has 1 atom stereocenters. The van der Waals surface area contributed by atoms with Gasteiger partial charge in [0.05, 0.1) is 13.7 Å². The van der Waals surface area contributed by atoms with Gasteiger partial charge in [0.25, 0.3) is 0 Å². The molecule has 0 heterocycles. The molecule has 1 N–H and O–H groups in total. The maximum Gasteiger partial charge on any atom is 0.161 e. The number of hydrogen-bond donors (Lipinski definition) is 1. The molecule has 1 rings (SSSR count). The smallest absolute Gasteiger partial charge is 0.161 e. The summed E-state index contributed by atoms with van der Waals surface area (Å²) in [5, 5.41) is 9.38. The monoisotopic (exact) mass is 212 g/mol. The Labute approximate surface area is 89.4 Å². The molecule has 0 fully saturated rings. The van der Waals surface area contributed by atoms with Gasteiger partial charge in [0, 0.05) is 7.11 Å². The number of aliphatic hydroxyl groups is 1. The zero-order valence-corrected chi connectivity index (χ0v) is 8.97. The number of ether oxygens (including phenoxy) is 3. The fourth-order valence-electron chi connectivity index (χ4n) is 1.16. The molecule has 84 valence electrons. The Bertz CT molecular complexity index is 288. The average molecular weight is 212 g/mol. The highest BCUT2D eigenvalue weighted by Gasteiger charge is 2.07. The third-order valence-corrected chi connectivity index (χ3v) is 1.86. The van der Waals surface area contributed by atoms with E-state index in [-0.39, 0.29) is 13.2 Å². The van der Waals surface area contributed by atoms with Gasteiger partial charge in [-0.2, -0.15) is 0 Å². The minimum absolute atomic E-state index is 0.189. The van der Waals surface area contributed by atoms with Crippen LogP contribution in [-0.2, 0) is 4.74 Å². The van der Waals surface area contributed by atoms with Crippen LogP contribution in [0, 0.1) is 0 Å². The third-order valence-electron chi connectivity index (χ3n) is 1.86. The van der Waals surface area contributed by atoms with Crippen molar-refractivity contribution in [3.63, 3.8) is 0 Å². The minimum Gasteiger partial charge on any atom is -0.493 e. The Morgan fingerprint density at radius 3 is 2.40 bits per heavy atom. The quantitative estimate of drug-likeness (QED) is 0.766. The van der Waals surface area contributed by atoms with Crippen molar-refractivity contribution in [3.8, 4) is 11.5 Å². The van der Waals surface area contributed by atoms with Crippen LogP contribution < -0.4 is 9.47 Å². The van der Waals surface area contributed by atoms with Gasteiger partial charge in [0.2, 0.25) is 0 Å². The Morgan fingerprint density at radius 2 is 1.80 bits per heavy atom. The van der Waals surface area contributed by atoms with Crippen molar-refractivity contribution in [2.45, 2.75) is 6.10 Å². The van der Waals surface area contributed by atoms with Crippen molar-refractivity contribution in [2.24, 2.45) is 0 Å². The van der Waals surface area contributed by atoms with E-state index in [0.29, 0.717) is 11.5 Å². The van der Waals surface area contributed by atoms with Gasteiger partial charge in [0.1, 0.15) is 12.7 Å². The standard InChI is InChI=1S/C11H16O4/c1-13-7-9(12)8-15-11-6-4-3-5-10(11)14-2/h3-6,9,12H,7-8H2,1-2H3. The van der Waals surface area contributed by atoms with Gasteiger partial charge >= 0.3 is 0 Å². The topological polar surface area (TPSA) is 47.9 Å². The predicted molar refractivity (Wildman–Crippen MR) is 56.4 cm³/mol. The largest absolute Gasteiger partial charge is 0.493 e. The van der Waals surface area contributed by atoms with Crippen LogP contribution >= 0.6 is 0 Å². The minimum atomic E-state index is -0.625. The van der Waals surface area contributed by atoms with E-state index in [1.807, 2.05) is 12.1 Å². The van der Waals surface area contributed by atoms with Gasteiger partial charge in [-0.3, -0.25) is 0 Å². The molecule has 1 aromatic rings. The van der Waals surface area contributed by atoms with Crippen molar-refractivity contribution >= 4 is 0 Å². The highest BCUT2D eigenvalue weighted by atomic mass is 16.5. The van der Waals surface area contributed by atoms with Gasteiger partial charge in [-0.15, -0.1) is 0 Å². The molecule has 0 aliphatic carbocycles. The average Bonchev–Trinajstić information content (AvgIpc) is 2.27. The molecule has 0 aliphatic rings. The SMILES string of the molecule is COCC(O)COc1ccccc1OC. The van der Waals surface area contributed by atoms with Crippen LogP contribution in [0.4, 0.5) is 0 Å². The highest BCUT2D eigenvalue weighted by molar-refractivity contribution is 5.39. The maximum atomic E-state index is 9.38. The van der Waals surface area contributed by atoms with Gasteiger partial charge in [0.15, 0.2) is 11.5 Å². The van der Waals surface area contributed by atoms with Gasteiger partial charge in [-0.05, 0) is 12.1 Å². The fourth-order valence-corrected chi connectivity index (χ4v) is 1.16. The number of benzene rings is 1. The molecule has 15 heavy (non-hydrogen) atoms. The van der Waals surface area contributed by atoms with Crippen LogP contribution in [-0.4, -0.2) is 38.6 Å². The fraction of sp³-hybridized carbons (Fsp3) is 0.455. The lowest BCUT2D eigenvalue weighted by Crippen LogP contribution is -2.22. The second-order valence-corrected chi connectivity index (χ2v) is 3.07. The zero-order chi connectivity index (χ0) is 11.1. The van der Waals surface area contributed by atoms with Gasteiger partial charge < -0.3 is 19.3 Å². The molecular formula is C11H16O4. The summed E-state index contributed by atoms with van der Waals surface area (Å²) in [5.74, 6) is 1.28. The molecule has 0 amide bonds. The molecule has 0 saturated carbocycles. The van der Waals surface area contributed by atoms with Crippen molar-refractivity contribution in [3.05, 3.63) is 24.3 Å². The zero-order valence-electron chi connectivity index (χ0n) is 8.97. The normalized spacial score (nSPS) is 12.2. The summed E-state index contributed by atoms with van der Waals surface area (Å²) in [7, 11) is 3.11. The first kappa shape index (κ1) is 11.8. The Hall–Kier alpha value is -1.26. The number of hydrogen-bond acceptors (Lipinski definition) is 4. The first-order chi connectivity index (χ1) is 7.27. The van der Waals surface area contributed by atoms with Crippen LogP contribution in [0.1, 0.15) is 0 Å². The molecule has 1 unspecified atom stereocenters. The van der Waals surface area contributed by atoms with Gasteiger partial charge in [-0.1, -0.05) is 12.1 Å². The second kappa shape index (κ2) is 6.27. The van der Waals surface area contributed by atoms with Crippen LogP contribution in [0.25, 0.3) is 0 Å². The lowest BCUT2D eigenvalue weighted by molar-refractivity contribution is 0.0319. The van der Waals surface area contributed by atoms with E-state index in [4.69, 9.17) is 14.2 Å². The highest BCUT2D eigenvalue weighted by Crippen LogP contribution is 2.25. The van der Waals surface area contributed by atoms with E-state index in [2.05, 4.69) is 0 Å². The van der Waals surface area contributed by atoms with Crippen LogP contribution in [0.15, 0.2) is 24.3 Å². The summed E-state index contributed by atoms with van der Waals surface area (Å²) >= 11 is 0. The van der Waals surface area contributed by atoms with Crippen molar-refractivity contribution in [1.82, 2.24) is 0 Å². The predicted octanol–water partition coefficient (Wildman–Crippen LogP) is 1.08. The van der Waals surface area contributed by atoms with Crippen molar-refractivity contribution in [1.29, 1.82) is 0 Å². The second-order valence-electron chi connectivity index (χ2n) is 3.07. The summed E-state index contributed by atoms with van der Waals surface area (Å²) in [6.45, 7) is 0.448.